The Labute approximate surface area is 183 Å². The van der Waals surface area contributed by atoms with Crippen molar-refractivity contribution < 1.29 is 13.2 Å². The number of hydrogen-bond acceptors (Lipinski definition) is 6. The number of methoxy groups -OCH3 is 1. The summed E-state index contributed by atoms with van der Waals surface area (Å²) in [4.78, 5) is 14.1. The smallest absolute Gasteiger partial charge is 0.212 e. The zero-order valence-electron chi connectivity index (χ0n) is 17.9. The molecular formula is C22H29N5O3S. The van der Waals surface area contributed by atoms with E-state index in [0.29, 0.717) is 12.6 Å². The van der Waals surface area contributed by atoms with Crippen molar-refractivity contribution in [1.82, 2.24) is 19.7 Å². The van der Waals surface area contributed by atoms with Gasteiger partial charge >= 0.3 is 0 Å². The summed E-state index contributed by atoms with van der Waals surface area (Å²) < 4.78 is 33.0. The van der Waals surface area contributed by atoms with Gasteiger partial charge in [-0.3, -0.25) is 0 Å². The first kappa shape index (κ1) is 21.6. The molecular weight excluding hydrogens is 414 g/mol. The Morgan fingerprint density at radius 1 is 1.13 bits per heavy atom. The molecule has 1 aliphatic carbocycles. The van der Waals surface area contributed by atoms with Crippen LogP contribution in [0.5, 0.6) is 5.75 Å². The average Bonchev–Trinajstić information content (AvgIpc) is 3.27. The van der Waals surface area contributed by atoms with Crippen LogP contribution in [-0.4, -0.2) is 49.3 Å². The number of sulfonamides is 1. The molecule has 0 spiro atoms. The van der Waals surface area contributed by atoms with Gasteiger partial charge in [0, 0.05) is 25.8 Å². The van der Waals surface area contributed by atoms with Gasteiger partial charge in [-0.1, -0.05) is 12.1 Å². The molecule has 1 aromatic carbocycles. The largest absolute Gasteiger partial charge is 0.497 e. The standard InChI is InChI=1S/C22H29N5O3S/c1-27(22-20-11-12-23-21(20)24-15-25-22)18-7-3-17(4-8-18)14-31(28,29)26-13-16-5-9-19(30-2)10-6-16/h5-6,9-12,15,17-18,26H,3-4,7-8,13-14H2,1-2H3,(H,23,24,25). The zero-order valence-corrected chi connectivity index (χ0v) is 18.7. The highest BCUT2D eigenvalue weighted by Gasteiger charge is 2.28. The average molecular weight is 444 g/mol. The van der Waals surface area contributed by atoms with E-state index in [2.05, 4.69) is 31.6 Å². The van der Waals surface area contributed by atoms with Crippen molar-refractivity contribution in [2.75, 3.05) is 24.8 Å². The van der Waals surface area contributed by atoms with Crippen LogP contribution in [0.15, 0.2) is 42.9 Å². The number of aromatic amines is 1. The van der Waals surface area contributed by atoms with Crippen molar-refractivity contribution in [2.45, 2.75) is 38.3 Å². The third-order valence-electron chi connectivity index (χ3n) is 6.14. The number of fused-ring (bicyclic) bond motifs is 1. The van der Waals surface area contributed by atoms with E-state index >= 15 is 0 Å². The van der Waals surface area contributed by atoms with Crippen LogP contribution in [0.4, 0.5) is 5.82 Å². The summed E-state index contributed by atoms with van der Waals surface area (Å²) in [6.45, 7) is 0.296. The Morgan fingerprint density at radius 2 is 1.87 bits per heavy atom. The van der Waals surface area contributed by atoms with Gasteiger partial charge in [0.1, 0.15) is 23.5 Å². The molecule has 2 aromatic heterocycles. The summed E-state index contributed by atoms with van der Waals surface area (Å²) in [5.41, 5.74) is 1.75. The second-order valence-corrected chi connectivity index (χ2v) is 10.0. The number of hydrogen-bond donors (Lipinski definition) is 2. The highest BCUT2D eigenvalue weighted by atomic mass is 32.2. The van der Waals surface area contributed by atoms with Gasteiger partial charge in [-0.05, 0) is 55.4 Å². The summed E-state index contributed by atoms with van der Waals surface area (Å²) in [5, 5.41) is 1.01. The third kappa shape index (κ3) is 5.16. The van der Waals surface area contributed by atoms with Crippen molar-refractivity contribution >= 4 is 26.9 Å². The lowest BCUT2D eigenvalue weighted by Gasteiger charge is -2.35. The summed E-state index contributed by atoms with van der Waals surface area (Å²) in [5.74, 6) is 2.03. The molecule has 3 aromatic rings. The van der Waals surface area contributed by atoms with Gasteiger partial charge in [-0.15, -0.1) is 0 Å². The minimum atomic E-state index is -3.33. The maximum absolute atomic E-state index is 12.6. The van der Waals surface area contributed by atoms with Crippen molar-refractivity contribution in [1.29, 1.82) is 0 Å². The quantitative estimate of drug-likeness (QED) is 0.555. The Morgan fingerprint density at radius 3 is 2.58 bits per heavy atom. The van der Waals surface area contributed by atoms with Crippen molar-refractivity contribution in [2.24, 2.45) is 5.92 Å². The molecule has 2 N–H and O–H groups in total. The number of rotatable bonds is 8. The molecule has 31 heavy (non-hydrogen) atoms. The number of aromatic nitrogens is 3. The molecule has 0 unspecified atom stereocenters. The van der Waals surface area contributed by atoms with E-state index in [1.807, 2.05) is 36.5 Å². The normalized spacial score (nSPS) is 19.4. The first-order valence-corrected chi connectivity index (χ1v) is 12.2. The number of ether oxygens (including phenoxy) is 1. The first-order valence-electron chi connectivity index (χ1n) is 10.6. The fourth-order valence-electron chi connectivity index (χ4n) is 4.32. The molecule has 1 aliphatic rings. The van der Waals surface area contributed by atoms with Crippen LogP contribution >= 0.6 is 0 Å². The maximum atomic E-state index is 12.6. The fraction of sp³-hybridized carbons (Fsp3) is 0.455. The minimum absolute atomic E-state index is 0.176. The van der Waals surface area contributed by atoms with E-state index in [0.717, 1.165) is 53.8 Å². The number of benzene rings is 1. The molecule has 9 heteroatoms. The molecule has 8 nitrogen and oxygen atoms in total. The van der Waals surface area contributed by atoms with Gasteiger partial charge in [0.15, 0.2) is 0 Å². The topological polar surface area (TPSA) is 100 Å². The van der Waals surface area contributed by atoms with Crippen LogP contribution in [0.3, 0.4) is 0 Å². The van der Waals surface area contributed by atoms with E-state index < -0.39 is 10.0 Å². The number of nitrogens with zero attached hydrogens (tertiary/aromatic N) is 3. The molecule has 1 saturated carbocycles. The summed E-state index contributed by atoms with van der Waals surface area (Å²) in [6.07, 6.45) is 7.13. The van der Waals surface area contributed by atoms with Gasteiger partial charge < -0.3 is 14.6 Å². The second-order valence-electron chi connectivity index (χ2n) is 8.17. The Kier molecular flexibility index (Phi) is 6.43. The Bertz CT molecular complexity index is 1110. The summed E-state index contributed by atoms with van der Waals surface area (Å²) >= 11 is 0. The van der Waals surface area contributed by atoms with E-state index in [1.165, 1.54) is 0 Å². The lowest BCUT2D eigenvalue weighted by molar-refractivity contribution is 0.340. The fourth-order valence-corrected chi connectivity index (χ4v) is 5.78. The van der Waals surface area contributed by atoms with Gasteiger partial charge in [-0.2, -0.15) is 0 Å². The third-order valence-corrected chi connectivity index (χ3v) is 7.64. The summed E-state index contributed by atoms with van der Waals surface area (Å²) in [6, 6.07) is 9.75. The highest BCUT2D eigenvalue weighted by molar-refractivity contribution is 7.89. The van der Waals surface area contributed by atoms with Crippen LogP contribution in [0, 0.1) is 5.92 Å². The number of H-pyrrole nitrogens is 1. The van der Waals surface area contributed by atoms with Gasteiger partial charge in [-0.25, -0.2) is 23.1 Å². The Hall–Kier alpha value is -2.65. The maximum Gasteiger partial charge on any atom is 0.212 e. The van der Waals surface area contributed by atoms with Crippen LogP contribution in [0.2, 0.25) is 0 Å². The van der Waals surface area contributed by atoms with E-state index in [1.54, 1.807) is 13.4 Å². The minimum Gasteiger partial charge on any atom is -0.497 e. The molecule has 0 bridgehead atoms. The molecule has 0 atom stereocenters. The SMILES string of the molecule is COc1ccc(CNS(=O)(=O)CC2CCC(N(C)c3ncnc4[nH]ccc34)CC2)cc1. The zero-order chi connectivity index (χ0) is 21.8. The summed E-state index contributed by atoms with van der Waals surface area (Å²) in [7, 11) is 0.346. The van der Waals surface area contributed by atoms with Gasteiger partial charge in [0.2, 0.25) is 10.0 Å². The predicted molar refractivity (Wildman–Crippen MR) is 122 cm³/mol. The van der Waals surface area contributed by atoms with Crippen LogP contribution < -0.4 is 14.4 Å². The molecule has 0 amide bonds. The monoisotopic (exact) mass is 443 g/mol. The Balaban J connectivity index is 1.29. The molecule has 0 saturated heterocycles. The van der Waals surface area contributed by atoms with Crippen molar-refractivity contribution in [3.63, 3.8) is 0 Å². The second kappa shape index (κ2) is 9.23. The molecule has 1 fully saturated rings. The van der Waals surface area contributed by atoms with Crippen LogP contribution in [0.25, 0.3) is 11.0 Å². The molecule has 2 heterocycles. The highest BCUT2D eigenvalue weighted by Crippen LogP contribution is 2.32. The molecule has 166 valence electrons. The van der Waals surface area contributed by atoms with Crippen LogP contribution in [-0.2, 0) is 16.6 Å². The number of nitrogens with one attached hydrogen (secondary N) is 2. The van der Waals surface area contributed by atoms with Crippen LogP contribution in [0.1, 0.15) is 31.2 Å². The molecule has 0 aliphatic heterocycles. The molecule has 4 rings (SSSR count). The van der Waals surface area contributed by atoms with Gasteiger partial charge in [0.05, 0.1) is 18.2 Å². The lowest BCUT2D eigenvalue weighted by atomic mass is 9.86. The van der Waals surface area contributed by atoms with Crippen molar-refractivity contribution in [3.05, 3.63) is 48.4 Å². The lowest BCUT2D eigenvalue weighted by Crippen LogP contribution is -2.38. The first-order chi connectivity index (χ1) is 14.9. The number of anilines is 1. The predicted octanol–water partition coefficient (Wildman–Crippen LogP) is 3.08. The van der Waals surface area contributed by atoms with E-state index in [9.17, 15) is 8.42 Å². The van der Waals surface area contributed by atoms with Gasteiger partial charge in [0.25, 0.3) is 0 Å². The van der Waals surface area contributed by atoms with Crippen molar-refractivity contribution in [3.8, 4) is 5.75 Å². The van der Waals surface area contributed by atoms with E-state index in [-0.39, 0.29) is 11.7 Å². The van der Waals surface area contributed by atoms with E-state index in [4.69, 9.17) is 4.74 Å². The molecule has 0 radical (unpaired) electrons.